The zero-order chi connectivity index (χ0) is 20.6. The largest absolute Gasteiger partial charge is 0.483 e. The fourth-order valence-corrected chi connectivity index (χ4v) is 5.38. The lowest BCUT2D eigenvalue weighted by Gasteiger charge is -2.30. The molecule has 0 radical (unpaired) electrons. The first-order valence-electron chi connectivity index (χ1n) is 10.1. The van der Waals surface area contributed by atoms with Gasteiger partial charge in [0.05, 0.1) is 23.8 Å². The van der Waals surface area contributed by atoms with E-state index in [2.05, 4.69) is 24.1 Å². The first kappa shape index (κ1) is 19.8. The summed E-state index contributed by atoms with van der Waals surface area (Å²) in [6, 6.07) is 7.98. The lowest BCUT2D eigenvalue weighted by Crippen LogP contribution is -2.40. The van der Waals surface area contributed by atoms with Crippen molar-refractivity contribution < 1.29 is 19.4 Å². The SMILES string of the molecule is CN(C)C[C@H]1[C@H]2CN(C(=O)Cn3cc4ccccc4n3)C[C@]23CC[C@H]1O3.O=CO. The highest BCUT2D eigenvalue weighted by atomic mass is 16.5. The Kier molecular flexibility index (Phi) is 5.31. The van der Waals surface area contributed by atoms with Crippen molar-refractivity contribution in [3.05, 3.63) is 30.5 Å². The van der Waals surface area contributed by atoms with Crippen LogP contribution in [0.3, 0.4) is 0 Å². The highest BCUT2D eigenvalue weighted by Crippen LogP contribution is 2.54. The topological polar surface area (TPSA) is 87.9 Å². The smallest absolute Gasteiger partial charge is 0.290 e. The number of carbonyl (C=O) groups excluding carboxylic acids is 1. The Hall–Kier alpha value is -2.45. The molecule has 1 N–H and O–H groups in total. The van der Waals surface area contributed by atoms with Crippen molar-refractivity contribution in [2.24, 2.45) is 11.8 Å². The van der Waals surface area contributed by atoms with E-state index < -0.39 is 0 Å². The van der Waals surface area contributed by atoms with E-state index in [1.807, 2.05) is 35.4 Å². The number of carboxylic acid groups (broad SMARTS) is 1. The molecule has 4 heterocycles. The fraction of sp³-hybridized carbons (Fsp3) is 0.571. The molecule has 4 atom stereocenters. The molecule has 29 heavy (non-hydrogen) atoms. The monoisotopic (exact) mass is 400 g/mol. The van der Waals surface area contributed by atoms with Crippen LogP contribution in [0.15, 0.2) is 30.5 Å². The summed E-state index contributed by atoms with van der Waals surface area (Å²) < 4.78 is 8.21. The summed E-state index contributed by atoms with van der Waals surface area (Å²) in [7, 11) is 4.25. The lowest BCUT2D eigenvalue weighted by molar-refractivity contribution is -0.132. The highest BCUT2D eigenvalue weighted by Gasteiger charge is 2.63. The van der Waals surface area contributed by atoms with Gasteiger partial charge in [-0.1, -0.05) is 18.2 Å². The maximum atomic E-state index is 12.9. The first-order valence-corrected chi connectivity index (χ1v) is 10.1. The van der Waals surface area contributed by atoms with Crippen LogP contribution in [0.1, 0.15) is 12.8 Å². The molecule has 1 aromatic heterocycles. The van der Waals surface area contributed by atoms with Crippen molar-refractivity contribution in [1.29, 1.82) is 0 Å². The average Bonchev–Trinajstić information content (AvgIpc) is 3.41. The average molecular weight is 400 g/mol. The van der Waals surface area contributed by atoms with Crippen LogP contribution >= 0.6 is 0 Å². The van der Waals surface area contributed by atoms with E-state index in [4.69, 9.17) is 14.6 Å². The Morgan fingerprint density at radius 3 is 2.90 bits per heavy atom. The van der Waals surface area contributed by atoms with Crippen molar-refractivity contribution in [2.45, 2.75) is 31.1 Å². The Labute approximate surface area is 170 Å². The van der Waals surface area contributed by atoms with Crippen LogP contribution in [-0.4, -0.2) is 82.5 Å². The second-order valence-electron chi connectivity index (χ2n) is 8.56. The first-order chi connectivity index (χ1) is 14.0. The number of nitrogens with zero attached hydrogens (tertiary/aromatic N) is 4. The minimum atomic E-state index is -0.250. The molecule has 8 heteroatoms. The van der Waals surface area contributed by atoms with Crippen molar-refractivity contribution in [1.82, 2.24) is 19.6 Å². The number of carbonyl (C=O) groups is 2. The third-order valence-electron chi connectivity index (χ3n) is 6.47. The van der Waals surface area contributed by atoms with Gasteiger partial charge in [0.15, 0.2) is 0 Å². The molecule has 8 nitrogen and oxygen atoms in total. The minimum Gasteiger partial charge on any atom is -0.483 e. The van der Waals surface area contributed by atoms with Gasteiger partial charge in [-0.15, -0.1) is 0 Å². The summed E-state index contributed by atoms with van der Waals surface area (Å²) >= 11 is 0. The highest BCUT2D eigenvalue weighted by molar-refractivity contribution is 5.80. The van der Waals surface area contributed by atoms with Crippen LogP contribution in [0, 0.1) is 11.8 Å². The van der Waals surface area contributed by atoms with E-state index in [0.29, 0.717) is 24.5 Å². The molecule has 1 spiro atoms. The third kappa shape index (κ3) is 3.62. The number of hydrogen-bond acceptors (Lipinski definition) is 5. The molecule has 3 fully saturated rings. The summed E-state index contributed by atoms with van der Waals surface area (Å²) in [5.74, 6) is 1.17. The molecule has 2 aromatic rings. The third-order valence-corrected chi connectivity index (χ3v) is 6.47. The predicted molar refractivity (Wildman–Crippen MR) is 107 cm³/mol. The molecule has 3 saturated heterocycles. The van der Waals surface area contributed by atoms with E-state index in [-0.39, 0.29) is 18.0 Å². The van der Waals surface area contributed by atoms with Gasteiger partial charge in [0.2, 0.25) is 5.91 Å². The van der Waals surface area contributed by atoms with Crippen LogP contribution < -0.4 is 0 Å². The molecule has 3 aliphatic heterocycles. The Bertz CT molecular complexity index is 865. The van der Waals surface area contributed by atoms with Crippen LogP contribution in [0.25, 0.3) is 10.9 Å². The number of rotatable bonds is 4. The number of fused-ring (bicyclic) bond motifs is 2. The molecule has 0 saturated carbocycles. The molecular weight excluding hydrogens is 372 g/mol. The fourth-order valence-electron chi connectivity index (χ4n) is 5.38. The number of hydrogen-bond donors (Lipinski definition) is 1. The maximum Gasteiger partial charge on any atom is 0.290 e. The second-order valence-corrected chi connectivity index (χ2v) is 8.56. The van der Waals surface area contributed by atoms with Gasteiger partial charge in [0, 0.05) is 36.5 Å². The van der Waals surface area contributed by atoms with Gasteiger partial charge in [-0.05, 0) is 33.0 Å². The molecule has 1 amide bonds. The van der Waals surface area contributed by atoms with Gasteiger partial charge in [-0.3, -0.25) is 14.3 Å². The summed E-state index contributed by atoms with van der Waals surface area (Å²) in [6.07, 6.45) is 4.58. The summed E-state index contributed by atoms with van der Waals surface area (Å²) in [4.78, 5) is 25.6. The van der Waals surface area contributed by atoms with Crippen LogP contribution in [-0.2, 0) is 20.9 Å². The van der Waals surface area contributed by atoms with E-state index >= 15 is 0 Å². The molecule has 1 aromatic carbocycles. The normalized spacial score (nSPS) is 29.8. The Balaban J connectivity index is 0.000000645. The quantitative estimate of drug-likeness (QED) is 0.779. The minimum absolute atomic E-state index is 0.0875. The maximum absolute atomic E-state index is 12.9. The Morgan fingerprint density at radius 2 is 2.17 bits per heavy atom. The number of aromatic nitrogens is 2. The molecule has 0 unspecified atom stereocenters. The van der Waals surface area contributed by atoms with Gasteiger partial charge < -0.3 is 19.6 Å². The van der Waals surface area contributed by atoms with Gasteiger partial charge in [0.1, 0.15) is 6.54 Å². The standard InChI is InChI=1S/C20H26N4O2.CH2O2/c1-22(2)10-15-16-11-23(13-20(16)8-7-18(15)26-20)19(25)12-24-9-14-5-3-4-6-17(14)21-24;2-1-3/h3-6,9,15-16,18H,7-8,10-13H2,1-2H3;1H,(H,2,3)/t15-,16+,18+,20+;/m0./s1. The van der Waals surface area contributed by atoms with Gasteiger partial charge in [-0.25, -0.2) is 0 Å². The predicted octanol–water partition coefficient (Wildman–Crippen LogP) is 1.30. The van der Waals surface area contributed by atoms with Gasteiger partial charge >= 0.3 is 0 Å². The number of likely N-dealkylation sites (tertiary alicyclic amines) is 1. The van der Waals surface area contributed by atoms with E-state index in [0.717, 1.165) is 43.4 Å². The van der Waals surface area contributed by atoms with Gasteiger partial charge in [0.25, 0.3) is 6.47 Å². The summed E-state index contributed by atoms with van der Waals surface area (Å²) in [5, 5.41) is 12.5. The van der Waals surface area contributed by atoms with Crippen molar-refractivity contribution in [2.75, 3.05) is 33.7 Å². The van der Waals surface area contributed by atoms with E-state index in [9.17, 15) is 4.79 Å². The Morgan fingerprint density at radius 1 is 1.41 bits per heavy atom. The van der Waals surface area contributed by atoms with Gasteiger partial charge in [-0.2, -0.15) is 5.10 Å². The van der Waals surface area contributed by atoms with E-state index in [1.165, 1.54) is 0 Å². The van der Waals surface area contributed by atoms with Crippen LogP contribution in [0.2, 0.25) is 0 Å². The van der Waals surface area contributed by atoms with E-state index in [1.54, 1.807) is 4.68 Å². The molecule has 5 rings (SSSR count). The van der Waals surface area contributed by atoms with Crippen molar-refractivity contribution in [3.63, 3.8) is 0 Å². The molecule has 2 bridgehead atoms. The second kappa shape index (κ2) is 7.76. The van der Waals surface area contributed by atoms with Crippen LogP contribution in [0.4, 0.5) is 0 Å². The zero-order valence-corrected chi connectivity index (χ0v) is 16.9. The summed E-state index contributed by atoms with van der Waals surface area (Å²) in [5.41, 5.74) is 0.848. The summed E-state index contributed by atoms with van der Waals surface area (Å²) in [6.45, 7) is 2.68. The molecule has 156 valence electrons. The number of ether oxygens (including phenoxy) is 1. The van der Waals surface area contributed by atoms with Crippen molar-refractivity contribution >= 4 is 23.3 Å². The van der Waals surface area contributed by atoms with Crippen molar-refractivity contribution in [3.8, 4) is 0 Å². The van der Waals surface area contributed by atoms with Crippen LogP contribution in [0.5, 0.6) is 0 Å². The zero-order valence-electron chi connectivity index (χ0n) is 16.9. The molecular formula is C21H28N4O4. The molecule has 3 aliphatic rings. The number of benzene rings is 1. The molecule has 0 aliphatic carbocycles. The lowest BCUT2D eigenvalue weighted by atomic mass is 9.73. The number of amides is 1.